The van der Waals surface area contributed by atoms with Crippen LogP contribution in [-0.4, -0.2) is 23.3 Å². The molecule has 0 unspecified atom stereocenters. The van der Waals surface area contributed by atoms with Gasteiger partial charge in [0.1, 0.15) is 17.5 Å². The highest BCUT2D eigenvalue weighted by Gasteiger charge is 2.07. The fraction of sp³-hybridized carbons (Fsp3) is 0.231. The molecule has 1 heterocycles. The molecule has 0 atom stereocenters. The molecule has 0 saturated carbocycles. The summed E-state index contributed by atoms with van der Waals surface area (Å²) in [7, 11) is 1.71. The largest absolute Gasteiger partial charge is 0.372 e. The molecule has 2 rings (SSSR count). The smallest absolute Gasteiger partial charge is 0.324 e. The number of carbonyl (C=O) groups excluding carboxylic acids is 1. The molecule has 0 spiro atoms. The number of hydrogen-bond acceptors (Lipinski definition) is 3. The second kappa shape index (κ2) is 7.78. The van der Waals surface area contributed by atoms with Crippen LogP contribution in [0.5, 0.6) is 0 Å². The summed E-state index contributed by atoms with van der Waals surface area (Å²) in [5.74, 6) is 0.512. The summed E-state index contributed by atoms with van der Waals surface area (Å²) in [5, 5.41) is 14.2. The number of H-pyrrole nitrogens is 1. The number of anilines is 3. The molecular formula is C13H18FN5O. The van der Waals surface area contributed by atoms with Crippen molar-refractivity contribution in [1.29, 1.82) is 0 Å². The van der Waals surface area contributed by atoms with Crippen molar-refractivity contribution in [3.8, 4) is 0 Å². The molecule has 4 N–H and O–H groups in total. The average Bonchev–Trinajstić information content (AvgIpc) is 2.91. The van der Waals surface area contributed by atoms with Gasteiger partial charge in [-0.05, 0) is 12.1 Å². The summed E-state index contributed by atoms with van der Waals surface area (Å²) < 4.78 is 13.3. The highest BCUT2D eigenvalue weighted by molar-refractivity contribution is 5.99. The van der Waals surface area contributed by atoms with Crippen molar-refractivity contribution in [2.75, 3.05) is 23.0 Å². The van der Waals surface area contributed by atoms with Gasteiger partial charge in [-0.3, -0.25) is 10.4 Å². The van der Waals surface area contributed by atoms with Gasteiger partial charge in [0.15, 0.2) is 0 Å². The maximum Gasteiger partial charge on any atom is 0.324 e. The summed E-state index contributed by atoms with van der Waals surface area (Å²) in [6, 6.07) is 6.99. The Morgan fingerprint density at radius 1 is 1.25 bits per heavy atom. The topological polar surface area (TPSA) is 81.8 Å². The predicted molar refractivity (Wildman–Crippen MR) is 78.5 cm³/mol. The third-order valence-electron chi connectivity index (χ3n) is 2.20. The Morgan fingerprint density at radius 2 is 1.95 bits per heavy atom. The molecule has 6 nitrogen and oxygen atoms in total. The zero-order chi connectivity index (χ0) is 15.0. The minimum absolute atomic E-state index is 0.114. The van der Waals surface area contributed by atoms with Crippen LogP contribution in [-0.2, 0) is 0 Å². The summed E-state index contributed by atoms with van der Waals surface area (Å²) in [4.78, 5) is 11.6. The summed E-state index contributed by atoms with van der Waals surface area (Å²) in [6.07, 6.45) is 0. The van der Waals surface area contributed by atoms with Crippen molar-refractivity contribution in [1.82, 2.24) is 10.2 Å². The first-order chi connectivity index (χ1) is 9.69. The predicted octanol–water partition coefficient (Wildman–Crippen LogP) is 3.26. The first-order valence-corrected chi connectivity index (χ1v) is 6.25. The number of halogens is 1. The Balaban J connectivity index is 0.000000956. The average molecular weight is 279 g/mol. The van der Waals surface area contributed by atoms with Gasteiger partial charge in [0, 0.05) is 13.1 Å². The summed E-state index contributed by atoms with van der Waals surface area (Å²) in [6.45, 7) is 4.00. The Labute approximate surface area is 116 Å². The Bertz CT molecular complexity index is 555. The van der Waals surface area contributed by atoms with Gasteiger partial charge >= 0.3 is 6.03 Å². The van der Waals surface area contributed by atoms with Crippen LogP contribution < -0.4 is 16.0 Å². The monoisotopic (exact) mass is 279 g/mol. The van der Waals surface area contributed by atoms with Crippen LogP contribution in [0.25, 0.3) is 0 Å². The number of aromatic nitrogens is 2. The number of urea groups is 1. The minimum atomic E-state index is -0.550. The lowest BCUT2D eigenvalue weighted by molar-refractivity contribution is 0.262. The van der Waals surface area contributed by atoms with E-state index in [9.17, 15) is 9.18 Å². The fourth-order valence-corrected chi connectivity index (χ4v) is 1.35. The number of benzene rings is 1. The highest BCUT2D eigenvalue weighted by Crippen LogP contribution is 2.13. The normalized spacial score (nSPS) is 9.20. The molecule has 0 aliphatic carbocycles. The van der Waals surface area contributed by atoms with Gasteiger partial charge in [-0.25, -0.2) is 9.18 Å². The molecule has 108 valence electrons. The zero-order valence-electron chi connectivity index (χ0n) is 11.6. The van der Waals surface area contributed by atoms with Gasteiger partial charge in [-0.2, -0.15) is 5.10 Å². The van der Waals surface area contributed by atoms with E-state index in [0.29, 0.717) is 11.6 Å². The molecule has 0 aliphatic rings. The number of amides is 2. The van der Waals surface area contributed by atoms with E-state index in [0.717, 1.165) is 0 Å². The molecule has 20 heavy (non-hydrogen) atoms. The van der Waals surface area contributed by atoms with Gasteiger partial charge in [0.2, 0.25) is 0 Å². The highest BCUT2D eigenvalue weighted by atomic mass is 19.1. The van der Waals surface area contributed by atoms with E-state index in [2.05, 4.69) is 26.1 Å². The van der Waals surface area contributed by atoms with Gasteiger partial charge in [-0.15, -0.1) is 0 Å². The van der Waals surface area contributed by atoms with Gasteiger partial charge < -0.3 is 10.6 Å². The van der Waals surface area contributed by atoms with Gasteiger partial charge in [-0.1, -0.05) is 26.0 Å². The molecule has 7 heteroatoms. The van der Waals surface area contributed by atoms with Crippen molar-refractivity contribution in [2.45, 2.75) is 13.8 Å². The maximum atomic E-state index is 13.3. The van der Waals surface area contributed by atoms with E-state index < -0.39 is 11.8 Å². The Kier molecular flexibility index (Phi) is 6.02. The lowest BCUT2D eigenvalue weighted by Crippen LogP contribution is -2.20. The van der Waals surface area contributed by atoms with E-state index in [1.165, 1.54) is 12.1 Å². The molecule has 0 aliphatic heterocycles. The standard InChI is InChI=1S/C11H12FN5O.C2H6/c1-13-9-6-10(17-16-9)15-11(18)14-8-5-3-2-4-7(8)12;1-2/h2-6H,1H3,(H4,13,14,15,16,17,18);1-2H3. The van der Waals surface area contributed by atoms with Crippen LogP contribution in [0.2, 0.25) is 0 Å². The molecular weight excluding hydrogens is 261 g/mol. The molecule has 1 aromatic heterocycles. The van der Waals surface area contributed by atoms with Crippen LogP contribution in [0.15, 0.2) is 30.3 Å². The molecule has 0 saturated heterocycles. The molecule has 0 fully saturated rings. The molecule has 1 aromatic carbocycles. The quantitative estimate of drug-likeness (QED) is 0.696. The molecule has 2 amide bonds. The SMILES string of the molecule is CC.CNc1cc(NC(=O)Nc2ccccc2F)[nH]n1. The molecule has 2 aromatic rings. The summed E-state index contributed by atoms with van der Waals surface area (Å²) >= 11 is 0. The van der Waals surface area contributed by atoms with Crippen molar-refractivity contribution >= 4 is 23.4 Å². The number of nitrogens with one attached hydrogen (secondary N) is 4. The molecule has 0 radical (unpaired) electrons. The van der Waals surface area contributed by atoms with E-state index in [1.807, 2.05) is 13.8 Å². The number of rotatable bonds is 3. The second-order valence-corrected chi connectivity index (χ2v) is 3.48. The minimum Gasteiger partial charge on any atom is -0.372 e. The van der Waals surface area contributed by atoms with Crippen molar-refractivity contribution < 1.29 is 9.18 Å². The maximum absolute atomic E-state index is 13.3. The van der Waals surface area contributed by atoms with Gasteiger partial charge in [0.05, 0.1) is 5.69 Å². The van der Waals surface area contributed by atoms with Crippen molar-refractivity contribution in [3.05, 3.63) is 36.1 Å². The third kappa shape index (κ3) is 4.27. The first kappa shape index (κ1) is 15.5. The number of carbonyl (C=O) groups is 1. The van der Waals surface area contributed by atoms with E-state index in [1.54, 1.807) is 25.2 Å². The Hall–Kier alpha value is -2.57. The van der Waals surface area contributed by atoms with Crippen LogP contribution in [0, 0.1) is 5.82 Å². The van der Waals surface area contributed by atoms with Crippen LogP contribution in [0.4, 0.5) is 26.5 Å². The van der Waals surface area contributed by atoms with Crippen molar-refractivity contribution in [2.24, 2.45) is 0 Å². The van der Waals surface area contributed by atoms with Gasteiger partial charge in [0.25, 0.3) is 0 Å². The first-order valence-electron chi connectivity index (χ1n) is 6.25. The molecule has 0 bridgehead atoms. The lowest BCUT2D eigenvalue weighted by atomic mass is 10.3. The van der Waals surface area contributed by atoms with E-state index in [4.69, 9.17) is 0 Å². The van der Waals surface area contributed by atoms with Crippen LogP contribution >= 0.6 is 0 Å². The number of nitrogens with zero attached hydrogens (tertiary/aromatic N) is 1. The second-order valence-electron chi connectivity index (χ2n) is 3.48. The summed E-state index contributed by atoms with van der Waals surface area (Å²) in [5.41, 5.74) is 0.114. The number of aromatic amines is 1. The lowest BCUT2D eigenvalue weighted by Gasteiger charge is -2.06. The number of para-hydroxylation sites is 1. The Morgan fingerprint density at radius 3 is 2.55 bits per heavy atom. The van der Waals surface area contributed by atoms with E-state index in [-0.39, 0.29) is 5.69 Å². The van der Waals surface area contributed by atoms with E-state index >= 15 is 0 Å². The fourth-order valence-electron chi connectivity index (χ4n) is 1.35. The number of hydrogen-bond donors (Lipinski definition) is 4. The third-order valence-corrected chi connectivity index (χ3v) is 2.20. The van der Waals surface area contributed by atoms with Crippen LogP contribution in [0.1, 0.15) is 13.8 Å². The zero-order valence-corrected chi connectivity index (χ0v) is 11.6. The van der Waals surface area contributed by atoms with Crippen molar-refractivity contribution in [3.63, 3.8) is 0 Å². The van der Waals surface area contributed by atoms with Crippen LogP contribution in [0.3, 0.4) is 0 Å².